The maximum atomic E-state index is 0. The SMILES string of the molecule is N.[Cr].[Mo].[V]. The number of hydrogen-bond acceptors (Lipinski definition) is 1. The summed E-state index contributed by atoms with van der Waals surface area (Å²) in [6.07, 6.45) is 0. The molecule has 0 saturated heterocycles. The molecule has 0 amide bonds. The first-order chi connectivity index (χ1) is 0. The van der Waals surface area contributed by atoms with Crippen LogP contribution in [0.3, 0.4) is 0 Å². The molecule has 0 saturated carbocycles. The van der Waals surface area contributed by atoms with Crippen LogP contribution in [0.15, 0.2) is 0 Å². The van der Waals surface area contributed by atoms with Crippen molar-refractivity contribution in [1.82, 2.24) is 6.15 Å². The smallest absolute Gasteiger partial charge is 0 e. The normalized spacial score (nSPS) is 0. The van der Waals surface area contributed by atoms with Crippen LogP contribution >= 0.6 is 0 Å². The first kappa shape index (κ1) is 42.0. The molecule has 4 heteroatoms. The van der Waals surface area contributed by atoms with Crippen molar-refractivity contribution in [3.05, 3.63) is 0 Å². The Balaban J connectivity index is 0. The average Bonchev–Trinajstić information content (AvgIpc) is 0. The minimum absolute atomic E-state index is 0. The second-order valence-electron chi connectivity index (χ2n) is 0. The van der Waals surface area contributed by atoms with Crippen molar-refractivity contribution in [2.24, 2.45) is 0 Å². The van der Waals surface area contributed by atoms with E-state index >= 15 is 0 Å². The van der Waals surface area contributed by atoms with Gasteiger partial charge in [0.2, 0.25) is 0 Å². The van der Waals surface area contributed by atoms with Crippen LogP contribution in [0.1, 0.15) is 0 Å². The Bertz CT molecular complexity index is 8.00. The Labute approximate surface area is 62.8 Å². The van der Waals surface area contributed by atoms with E-state index in [1.165, 1.54) is 0 Å². The van der Waals surface area contributed by atoms with Crippen molar-refractivity contribution in [2.75, 3.05) is 0 Å². The molecular weight excluding hydrogens is 213 g/mol. The Hall–Kier alpha value is 1.77. The largest absolute Gasteiger partial charge is 0.344 e. The summed E-state index contributed by atoms with van der Waals surface area (Å²) in [4.78, 5) is 0. The summed E-state index contributed by atoms with van der Waals surface area (Å²) in [5, 5.41) is 0. The van der Waals surface area contributed by atoms with Crippen LogP contribution < -0.4 is 6.15 Å². The molecule has 0 aromatic heterocycles. The minimum atomic E-state index is 0. The molecule has 0 bridgehead atoms. The number of hydrogen-bond donors (Lipinski definition) is 1. The van der Waals surface area contributed by atoms with Gasteiger partial charge in [-0.3, -0.25) is 0 Å². The topological polar surface area (TPSA) is 35.0 Å². The quantitative estimate of drug-likeness (QED) is 0.575. The van der Waals surface area contributed by atoms with Gasteiger partial charge >= 0.3 is 0 Å². The summed E-state index contributed by atoms with van der Waals surface area (Å²) in [5.74, 6) is 0. The second kappa shape index (κ2) is 21.7. The molecule has 1 radical (unpaired) electrons. The van der Waals surface area contributed by atoms with Gasteiger partial charge in [0, 0.05) is 57.0 Å². The zero-order valence-electron chi connectivity index (χ0n) is 1.97. The van der Waals surface area contributed by atoms with Crippen LogP contribution in [0.2, 0.25) is 0 Å². The molecule has 0 heterocycles. The zero-order valence-corrected chi connectivity index (χ0v) is 6.65. The molecule has 4 heavy (non-hydrogen) atoms. The minimum Gasteiger partial charge on any atom is -0.344 e. The predicted octanol–water partition coefficient (Wildman–Crippen LogP) is 0.154. The van der Waals surface area contributed by atoms with Gasteiger partial charge in [-0.05, 0) is 0 Å². The summed E-state index contributed by atoms with van der Waals surface area (Å²) in [6, 6.07) is 0. The zero-order chi connectivity index (χ0) is 0. The van der Waals surface area contributed by atoms with E-state index in [1.807, 2.05) is 0 Å². The van der Waals surface area contributed by atoms with Gasteiger partial charge in [-0.15, -0.1) is 0 Å². The molecule has 0 rings (SSSR count). The maximum Gasteiger partial charge on any atom is 0 e. The third-order valence-electron chi connectivity index (χ3n) is 0. The van der Waals surface area contributed by atoms with E-state index in [-0.39, 0.29) is 63.1 Å². The van der Waals surface area contributed by atoms with E-state index in [4.69, 9.17) is 0 Å². The molecule has 0 spiro atoms. The summed E-state index contributed by atoms with van der Waals surface area (Å²) < 4.78 is 0. The Morgan fingerprint density at radius 3 is 1.00 bits per heavy atom. The molecule has 0 unspecified atom stereocenters. The van der Waals surface area contributed by atoms with Crippen LogP contribution in [0.4, 0.5) is 0 Å². The standard InChI is InChI=1S/Cr.Mo.H3N.V/h;;1H3;. The van der Waals surface area contributed by atoms with E-state index in [0.717, 1.165) is 0 Å². The molecule has 0 fully saturated rings. The predicted molar refractivity (Wildman–Crippen MR) is 5.02 cm³/mol. The van der Waals surface area contributed by atoms with Gasteiger partial charge in [0.1, 0.15) is 0 Å². The fourth-order valence-corrected chi connectivity index (χ4v) is 0. The van der Waals surface area contributed by atoms with Gasteiger partial charge in [0.05, 0.1) is 0 Å². The van der Waals surface area contributed by atoms with Crippen molar-refractivity contribution in [1.29, 1.82) is 0 Å². The molecule has 25 valence electrons. The third-order valence-corrected chi connectivity index (χ3v) is 0. The average molecular weight is 216 g/mol. The van der Waals surface area contributed by atoms with E-state index in [1.54, 1.807) is 0 Å². The summed E-state index contributed by atoms with van der Waals surface area (Å²) in [6.45, 7) is 0. The van der Waals surface area contributed by atoms with Gasteiger partial charge in [-0.2, -0.15) is 0 Å². The molecule has 0 aliphatic rings. The van der Waals surface area contributed by atoms with E-state index in [0.29, 0.717) is 0 Å². The van der Waals surface area contributed by atoms with Gasteiger partial charge in [-0.25, -0.2) is 0 Å². The summed E-state index contributed by atoms with van der Waals surface area (Å²) in [5.41, 5.74) is 0. The van der Waals surface area contributed by atoms with Gasteiger partial charge in [-0.1, -0.05) is 0 Å². The fourth-order valence-electron chi connectivity index (χ4n) is 0. The van der Waals surface area contributed by atoms with Gasteiger partial charge in [0.25, 0.3) is 0 Å². The monoisotopic (exact) mass is 218 g/mol. The fraction of sp³-hybridized carbons (Fsp3) is 0. The van der Waals surface area contributed by atoms with Crippen molar-refractivity contribution in [2.45, 2.75) is 0 Å². The van der Waals surface area contributed by atoms with Gasteiger partial charge < -0.3 is 6.15 Å². The molecule has 0 aliphatic carbocycles. The van der Waals surface area contributed by atoms with Crippen molar-refractivity contribution >= 4 is 0 Å². The van der Waals surface area contributed by atoms with Crippen LogP contribution in [0.25, 0.3) is 0 Å². The summed E-state index contributed by atoms with van der Waals surface area (Å²) >= 11 is 0. The Morgan fingerprint density at radius 1 is 1.00 bits per heavy atom. The molecular formula is H3CrMoNV. The Kier molecular flexibility index (Phi) is 228. The van der Waals surface area contributed by atoms with Gasteiger partial charge in [0.15, 0.2) is 0 Å². The molecule has 0 aromatic carbocycles. The molecule has 3 N–H and O–H groups in total. The second-order valence-corrected chi connectivity index (χ2v) is 0. The summed E-state index contributed by atoms with van der Waals surface area (Å²) in [7, 11) is 0. The first-order valence-corrected chi connectivity index (χ1v) is 0. The first-order valence-electron chi connectivity index (χ1n) is 0. The molecule has 0 aliphatic heterocycles. The van der Waals surface area contributed by atoms with E-state index in [2.05, 4.69) is 0 Å². The van der Waals surface area contributed by atoms with Crippen LogP contribution in [-0.2, 0) is 57.0 Å². The number of rotatable bonds is 0. The molecule has 1 nitrogen and oxygen atoms in total. The van der Waals surface area contributed by atoms with Crippen molar-refractivity contribution in [3.63, 3.8) is 0 Å². The molecule has 0 atom stereocenters. The molecule has 0 aromatic rings. The maximum absolute atomic E-state index is 0. The van der Waals surface area contributed by atoms with Crippen LogP contribution in [-0.4, -0.2) is 0 Å². The van der Waals surface area contributed by atoms with E-state index < -0.39 is 0 Å². The van der Waals surface area contributed by atoms with E-state index in [9.17, 15) is 0 Å². The third kappa shape index (κ3) is 9.24. The van der Waals surface area contributed by atoms with Crippen molar-refractivity contribution < 1.29 is 57.0 Å². The Morgan fingerprint density at radius 2 is 1.00 bits per heavy atom. The van der Waals surface area contributed by atoms with Crippen molar-refractivity contribution in [3.8, 4) is 0 Å². The van der Waals surface area contributed by atoms with Crippen LogP contribution in [0, 0.1) is 0 Å². The van der Waals surface area contributed by atoms with Crippen LogP contribution in [0.5, 0.6) is 0 Å².